The molecule has 0 saturated carbocycles. The molecule has 0 aliphatic rings. The van der Waals surface area contributed by atoms with Gasteiger partial charge in [-0.2, -0.15) is 5.26 Å². The Morgan fingerprint density at radius 1 is 1.18 bits per heavy atom. The first-order valence-corrected chi connectivity index (χ1v) is 7.09. The van der Waals surface area contributed by atoms with Crippen molar-refractivity contribution in [2.24, 2.45) is 0 Å². The molecule has 2 rings (SSSR count). The predicted molar refractivity (Wildman–Crippen MR) is 86.3 cm³/mol. The molecule has 5 heteroatoms. The average Bonchev–Trinajstić information content (AvgIpc) is 2.74. The molecular formula is C17H21N3O2. The fourth-order valence-corrected chi connectivity index (χ4v) is 2.60. The number of ether oxygens (including phenoxy) is 2. The van der Waals surface area contributed by atoms with E-state index in [0.29, 0.717) is 22.9 Å². The Balaban J connectivity index is 2.23. The molecule has 0 saturated heterocycles. The van der Waals surface area contributed by atoms with E-state index in [-0.39, 0.29) is 0 Å². The molecule has 0 amide bonds. The first-order chi connectivity index (χ1) is 10.5. The third-order valence-electron chi connectivity index (χ3n) is 4.05. The smallest absolute Gasteiger partial charge is 0.160 e. The zero-order valence-electron chi connectivity index (χ0n) is 13.4. The second-order valence-electron chi connectivity index (χ2n) is 5.17. The van der Waals surface area contributed by atoms with Crippen molar-refractivity contribution in [1.29, 1.82) is 5.26 Å². The number of nitrogen functional groups attached to an aromatic ring is 1. The van der Waals surface area contributed by atoms with E-state index in [1.807, 2.05) is 36.6 Å². The second kappa shape index (κ2) is 6.44. The molecule has 0 fully saturated rings. The summed E-state index contributed by atoms with van der Waals surface area (Å²) >= 11 is 0. The predicted octanol–water partition coefficient (Wildman–Crippen LogP) is 2.82. The number of methoxy groups -OCH3 is 2. The molecule has 0 atom stereocenters. The van der Waals surface area contributed by atoms with Crippen LogP contribution in [0.1, 0.15) is 22.4 Å². The lowest BCUT2D eigenvalue weighted by Crippen LogP contribution is -2.07. The number of hydrogen-bond donors (Lipinski definition) is 1. The van der Waals surface area contributed by atoms with Crippen molar-refractivity contribution in [3.63, 3.8) is 0 Å². The van der Waals surface area contributed by atoms with Gasteiger partial charge in [0.25, 0.3) is 0 Å². The van der Waals surface area contributed by atoms with E-state index in [9.17, 15) is 5.26 Å². The van der Waals surface area contributed by atoms with Crippen LogP contribution in [-0.4, -0.2) is 18.8 Å². The quantitative estimate of drug-likeness (QED) is 0.921. The SMILES string of the molecule is COc1ccc(CCn2c(C)c(C)c(C#N)c2N)cc1OC. The number of nitrogens with two attached hydrogens (primary N) is 1. The van der Waals surface area contributed by atoms with Gasteiger partial charge >= 0.3 is 0 Å². The molecule has 2 aromatic rings. The van der Waals surface area contributed by atoms with Crippen LogP contribution in [0.5, 0.6) is 11.5 Å². The van der Waals surface area contributed by atoms with E-state index < -0.39 is 0 Å². The molecule has 0 radical (unpaired) electrons. The molecule has 0 unspecified atom stereocenters. The van der Waals surface area contributed by atoms with E-state index in [2.05, 4.69) is 6.07 Å². The van der Waals surface area contributed by atoms with Gasteiger partial charge in [-0.25, -0.2) is 0 Å². The Morgan fingerprint density at radius 3 is 2.41 bits per heavy atom. The molecule has 2 N–H and O–H groups in total. The number of anilines is 1. The second-order valence-corrected chi connectivity index (χ2v) is 5.17. The Labute approximate surface area is 130 Å². The Morgan fingerprint density at radius 2 is 1.86 bits per heavy atom. The molecule has 5 nitrogen and oxygen atoms in total. The maximum Gasteiger partial charge on any atom is 0.160 e. The zero-order valence-corrected chi connectivity index (χ0v) is 13.4. The highest BCUT2D eigenvalue weighted by atomic mass is 16.5. The van der Waals surface area contributed by atoms with Gasteiger partial charge in [-0.1, -0.05) is 6.07 Å². The van der Waals surface area contributed by atoms with E-state index in [1.54, 1.807) is 14.2 Å². The van der Waals surface area contributed by atoms with E-state index in [0.717, 1.165) is 29.8 Å². The Kier molecular flexibility index (Phi) is 4.62. The van der Waals surface area contributed by atoms with Gasteiger partial charge in [0, 0.05) is 12.2 Å². The van der Waals surface area contributed by atoms with Crippen LogP contribution >= 0.6 is 0 Å². The van der Waals surface area contributed by atoms with Crippen molar-refractivity contribution in [1.82, 2.24) is 4.57 Å². The fraction of sp³-hybridized carbons (Fsp3) is 0.353. The van der Waals surface area contributed by atoms with Crippen LogP contribution in [-0.2, 0) is 13.0 Å². The molecule has 0 aliphatic carbocycles. The molecule has 1 aromatic heterocycles. The van der Waals surface area contributed by atoms with E-state index >= 15 is 0 Å². The van der Waals surface area contributed by atoms with Crippen molar-refractivity contribution in [3.05, 3.63) is 40.6 Å². The van der Waals surface area contributed by atoms with Gasteiger partial charge in [0.15, 0.2) is 11.5 Å². The maximum absolute atomic E-state index is 9.17. The summed E-state index contributed by atoms with van der Waals surface area (Å²) in [5.41, 5.74) is 9.77. The summed E-state index contributed by atoms with van der Waals surface area (Å²) in [7, 11) is 3.24. The van der Waals surface area contributed by atoms with Crippen LogP contribution in [0.3, 0.4) is 0 Å². The minimum Gasteiger partial charge on any atom is -0.493 e. The molecular weight excluding hydrogens is 278 g/mol. The van der Waals surface area contributed by atoms with E-state index in [1.165, 1.54) is 0 Å². The number of benzene rings is 1. The minimum absolute atomic E-state index is 0.540. The Bertz CT molecular complexity index is 726. The molecule has 0 spiro atoms. The van der Waals surface area contributed by atoms with Gasteiger partial charge in [0.05, 0.1) is 19.8 Å². The number of rotatable bonds is 5. The topological polar surface area (TPSA) is 73.2 Å². The summed E-state index contributed by atoms with van der Waals surface area (Å²) in [6.45, 7) is 4.63. The fourth-order valence-electron chi connectivity index (χ4n) is 2.60. The van der Waals surface area contributed by atoms with Crippen molar-refractivity contribution < 1.29 is 9.47 Å². The third kappa shape index (κ3) is 2.73. The van der Waals surface area contributed by atoms with Crippen LogP contribution < -0.4 is 15.2 Å². The summed E-state index contributed by atoms with van der Waals surface area (Å²) < 4.78 is 12.5. The lowest BCUT2D eigenvalue weighted by atomic mass is 10.1. The van der Waals surface area contributed by atoms with Crippen LogP contribution in [0, 0.1) is 25.2 Å². The summed E-state index contributed by atoms with van der Waals surface area (Å²) in [6, 6.07) is 8.04. The van der Waals surface area contributed by atoms with Crippen LogP contribution in [0.25, 0.3) is 0 Å². The van der Waals surface area contributed by atoms with Crippen LogP contribution in [0.2, 0.25) is 0 Å². The van der Waals surface area contributed by atoms with Gasteiger partial charge in [0.1, 0.15) is 11.9 Å². The van der Waals surface area contributed by atoms with E-state index in [4.69, 9.17) is 15.2 Å². The number of aromatic nitrogens is 1. The van der Waals surface area contributed by atoms with Crippen LogP contribution in [0.15, 0.2) is 18.2 Å². The van der Waals surface area contributed by atoms with Crippen molar-refractivity contribution in [2.45, 2.75) is 26.8 Å². The third-order valence-corrected chi connectivity index (χ3v) is 4.05. The molecule has 1 aromatic carbocycles. The summed E-state index contributed by atoms with van der Waals surface area (Å²) in [5.74, 6) is 1.97. The van der Waals surface area contributed by atoms with Gasteiger partial charge in [0.2, 0.25) is 0 Å². The van der Waals surface area contributed by atoms with Crippen LogP contribution in [0.4, 0.5) is 5.82 Å². The summed E-state index contributed by atoms with van der Waals surface area (Å²) in [6.07, 6.45) is 0.796. The van der Waals surface area contributed by atoms with Gasteiger partial charge in [-0.15, -0.1) is 0 Å². The van der Waals surface area contributed by atoms with Crippen molar-refractivity contribution >= 4 is 5.82 Å². The number of nitriles is 1. The lowest BCUT2D eigenvalue weighted by Gasteiger charge is -2.12. The van der Waals surface area contributed by atoms with Crippen molar-refractivity contribution in [2.75, 3.05) is 20.0 Å². The van der Waals surface area contributed by atoms with Gasteiger partial charge in [-0.3, -0.25) is 0 Å². The summed E-state index contributed by atoms with van der Waals surface area (Å²) in [4.78, 5) is 0. The summed E-state index contributed by atoms with van der Waals surface area (Å²) in [5, 5.41) is 9.17. The maximum atomic E-state index is 9.17. The number of aryl methyl sites for hydroxylation is 1. The highest BCUT2D eigenvalue weighted by Gasteiger charge is 2.15. The molecule has 0 aliphatic heterocycles. The average molecular weight is 299 g/mol. The highest BCUT2D eigenvalue weighted by molar-refractivity contribution is 5.57. The standard InChI is InChI=1S/C17H21N3O2/c1-11-12(2)20(17(19)14(11)10-18)8-7-13-5-6-15(21-3)16(9-13)22-4/h5-6,9H,7-8,19H2,1-4H3. The monoisotopic (exact) mass is 299 g/mol. The first-order valence-electron chi connectivity index (χ1n) is 7.09. The molecule has 1 heterocycles. The van der Waals surface area contributed by atoms with Gasteiger partial charge < -0.3 is 19.8 Å². The van der Waals surface area contributed by atoms with Crippen molar-refractivity contribution in [3.8, 4) is 17.6 Å². The normalized spacial score (nSPS) is 10.3. The molecule has 22 heavy (non-hydrogen) atoms. The number of hydrogen-bond acceptors (Lipinski definition) is 4. The minimum atomic E-state index is 0.540. The van der Waals surface area contributed by atoms with Gasteiger partial charge in [-0.05, 0) is 43.5 Å². The first kappa shape index (κ1) is 15.8. The lowest BCUT2D eigenvalue weighted by molar-refractivity contribution is 0.354. The molecule has 116 valence electrons. The number of nitrogens with zero attached hydrogens (tertiary/aromatic N) is 2. The highest BCUT2D eigenvalue weighted by Crippen LogP contribution is 2.28. The zero-order chi connectivity index (χ0) is 16.3. The Hall–Kier alpha value is -2.61. The molecule has 0 bridgehead atoms. The largest absolute Gasteiger partial charge is 0.493 e.